The smallest absolute Gasteiger partial charge is 0.180 e. The van der Waals surface area contributed by atoms with Gasteiger partial charge in [-0.05, 0) is 30.9 Å². The highest BCUT2D eigenvalue weighted by Crippen LogP contribution is 2.25. The lowest BCUT2D eigenvalue weighted by molar-refractivity contribution is 0.280. The van der Waals surface area contributed by atoms with Crippen LogP contribution in [0.4, 0.5) is 5.82 Å². The second kappa shape index (κ2) is 4.25. The molecular weight excluding hydrogens is 214 g/mol. The summed E-state index contributed by atoms with van der Waals surface area (Å²) in [7, 11) is 0. The molecule has 2 aromatic heterocycles. The first-order chi connectivity index (χ1) is 8.31. The van der Waals surface area contributed by atoms with Crippen LogP contribution in [0.1, 0.15) is 12.8 Å². The summed E-state index contributed by atoms with van der Waals surface area (Å²) in [5, 5.41) is 3.32. The number of rotatable bonds is 3. The van der Waals surface area contributed by atoms with Gasteiger partial charge in [0.1, 0.15) is 11.3 Å². The Morgan fingerprint density at radius 2 is 2.06 bits per heavy atom. The maximum atomic E-state index is 5.75. The van der Waals surface area contributed by atoms with Crippen molar-refractivity contribution >= 4 is 17.0 Å². The van der Waals surface area contributed by atoms with E-state index in [9.17, 15) is 0 Å². The molecular formula is C12H15N5. The molecule has 5 heteroatoms. The fourth-order valence-corrected chi connectivity index (χ4v) is 2.16. The number of nitrogens with zero attached hydrogens (tertiary/aromatic N) is 3. The zero-order chi connectivity index (χ0) is 11.7. The Morgan fingerprint density at radius 1 is 1.24 bits per heavy atom. The van der Waals surface area contributed by atoms with Crippen molar-refractivity contribution in [3.63, 3.8) is 0 Å². The maximum Gasteiger partial charge on any atom is 0.180 e. The van der Waals surface area contributed by atoms with Gasteiger partial charge in [-0.2, -0.15) is 0 Å². The van der Waals surface area contributed by atoms with Crippen LogP contribution in [0.3, 0.4) is 0 Å². The minimum atomic E-state index is 0.400. The second-order valence-corrected chi connectivity index (χ2v) is 4.57. The van der Waals surface area contributed by atoms with Crippen LogP contribution in [0.15, 0.2) is 24.5 Å². The first kappa shape index (κ1) is 10.4. The molecule has 0 bridgehead atoms. The van der Waals surface area contributed by atoms with Crippen LogP contribution in [-0.4, -0.2) is 27.5 Å². The molecule has 1 fully saturated rings. The van der Waals surface area contributed by atoms with Crippen molar-refractivity contribution in [1.29, 1.82) is 0 Å². The molecule has 1 saturated carbocycles. The summed E-state index contributed by atoms with van der Waals surface area (Å²) in [6.07, 6.45) is 5.55. The fourth-order valence-electron chi connectivity index (χ4n) is 2.16. The lowest BCUT2D eigenvalue weighted by atomic mass is 9.81. The average molecular weight is 229 g/mol. The zero-order valence-electron chi connectivity index (χ0n) is 9.50. The van der Waals surface area contributed by atoms with E-state index in [0.717, 1.165) is 30.7 Å². The Labute approximate surface area is 99.5 Å². The Balaban J connectivity index is 1.68. The van der Waals surface area contributed by atoms with Crippen molar-refractivity contribution in [2.45, 2.75) is 18.9 Å². The Hall–Kier alpha value is -1.75. The normalized spacial score (nSPS) is 23.4. The van der Waals surface area contributed by atoms with Crippen molar-refractivity contribution < 1.29 is 0 Å². The number of hydrogen-bond acceptors (Lipinski definition) is 5. The number of anilines is 1. The quantitative estimate of drug-likeness (QED) is 0.826. The monoisotopic (exact) mass is 229 g/mol. The van der Waals surface area contributed by atoms with Gasteiger partial charge in [0.05, 0.1) is 0 Å². The highest BCUT2D eigenvalue weighted by Gasteiger charge is 2.25. The molecule has 0 spiro atoms. The van der Waals surface area contributed by atoms with E-state index in [1.165, 1.54) is 0 Å². The van der Waals surface area contributed by atoms with Crippen molar-refractivity contribution in [2.75, 3.05) is 11.9 Å². The van der Waals surface area contributed by atoms with Crippen LogP contribution in [0.5, 0.6) is 0 Å². The standard InChI is InChI=1S/C12H15N5/c13-9-5-8(6-9)7-16-11-2-1-10-12(17-11)15-4-3-14-10/h1-4,8-9H,5-7,13H2,(H,15,16,17). The van der Waals surface area contributed by atoms with Gasteiger partial charge in [0.2, 0.25) is 0 Å². The summed E-state index contributed by atoms with van der Waals surface area (Å²) in [5.41, 5.74) is 7.26. The van der Waals surface area contributed by atoms with Gasteiger partial charge >= 0.3 is 0 Å². The molecule has 0 atom stereocenters. The highest BCUT2D eigenvalue weighted by atomic mass is 15.0. The van der Waals surface area contributed by atoms with Crippen LogP contribution in [0, 0.1) is 5.92 Å². The summed E-state index contributed by atoms with van der Waals surface area (Å²) in [4.78, 5) is 12.8. The molecule has 1 aliphatic carbocycles. The van der Waals surface area contributed by atoms with E-state index in [4.69, 9.17) is 5.73 Å². The van der Waals surface area contributed by atoms with Crippen LogP contribution in [0.25, 0.3) is 11.2 Å². The van der Waals surface area contributed by atoms with Crippen LogP contribution in [-0.2, 0) is 0 Å². The van der Waals surface area contributed by atoms with Crippen LogP contribution < -0.4 is 11.1 Å². The summed E-state index contributed by atoms with van der Waals surface area (Å²) >= 11 is 0. The third-order valence-corrected chi connectivity index (χ3v) is 3.18. The zero-order valence-corrected chi connectivity index (χ0v) is 9.50. The Bertz CT molecular complexity index is 521. The van der Waals surface area contributed by atoms with E-state index >= 15 is 0 Å². The maximum absolute atomic E-state index is 5.75. The number of aromatic nitrogens is 3. The summed E-state index contributed by atoms with van der Waals surface area (Å²) in [6, 6.07) is 4.27. The first-order valence-electron chi connectivity index (χ1n) is 5.88. The topological polar surface area (TPSA) is 76.7 Å². The van der Waals surface area contributed by atoms with Gasteiger partial charge < -0.3 is 11.1 Å². The third kappa shape index (κ3) is 2.19. The number of nitrogens with one attached hydrogen (secondary N) is 1. The van der Waals surface area contributed by atoms with E-state index in [1.54, 1.807) is 12.4 Å². The molecule has 0 radical (unpaired) electrons. The summed E-state index contributed by atoms with van der Waals surface area (Å²) in [6.45, 7) is 0.937. The van der Waals surface area contributed by atoms with Gasteiger partial charge in [0, 0.05) is 25.0 Å². The molecule has 2 heterocycles. The fraction of sp³-hybridized carbons (Fsp3) is 0.417. The van der Waals surface area contributed by atoms with Crippen LogP contribution in [0.2, 0.25) is 0 Å². The SMILES string of the molecule is NC1CC(CNc2ccc3nccnc3n2)C1. The van der Waals surface area contributed by atoms with Gasteiger partial charge in [-0.1, -0.05) is 0 Å². The van der Waals surface area contributed by atoms with Crippen molar-refractivity contribution in [2.24, 2.45) is 11.7 Å². The lowest BCUT2D eigenvalue weighted by Crippen LogP contribution is -2.39. The molecule has 0 aliphatic heterocycles. The second-order valence-electron chi connectivity index (χ2n) is 4.57. The predicted molar refractivity (Wildman–Crippen MR) is 66.5 cm³/mol. The van der Waals surface area contributed by atoms with Gasteiger partial charge in [-0.3, -0.25) is 4.98 Å². The van der Waals surface area contributed by atoms with Crippen molar-refractivity contribution in [3.8, 4) is 0 Å². The molecule has 3 rings (SSSR count). The molecule has 17 heavy (non-hydrogen) atoms. The molecule has 1 aliphatic rings. The third-order valence-electron chi connectivity index (χ3n) is 3.18. The molecule has 5 nitrogen and oxygen atoms in total. The average Bonchev–Trinajstić information content (AvgIpc) is 2.33. The number of pyridine rings is 1. The summed E-state index contributed by atoms with van der Waals surface area (Å²) < 4.78 is 0. The minimum absolute atomic E-state index is 0.400. The first-order valence-corrected chi connectivity index (χ1v) is 5.88. The molecule has 88 valence electrons. The van der Waals surface area contributed by atoms with Crippen molar-refractivity contribution in [3.05, 3.63) is 24.5 Å². The number of hydrogen-bond donors (Lipinski definition) is 2. The molecule has 0 amide bonds. The molecule has 0 unspecified atom stereocenters. The van der Waals surface area contributed by atoms with E-state index in [0.29, 0.717) is 17.6 Å². The van der Waals surface area contributed by atoms with Crippen molar-refractivity contribution in [1.82, 2.24) is 15.0 Å². The van der Waals surface area contributed by atoms with Gasteiger partial charge in [0.15, 0.2) is 5.65 Å². The highest BCUT2D eigenvalue weighted by molar-refractivity contribution is 5.71. The van der Waals surface area contributed by atoms with E-state index in [-0.39, 0.29) is 0 Å². The molecule has 0 saturated heterocycles. The lowest BCUT2D eigenvalue weighted by Gasteiger charge is -2.32. The van der Waals surface area contributed by atoms with E-state index < -0.39 is 0 Å². The van der Waals surface area contributed by atoms with Gasteiger partial charge in [-0.15, -0.1) is 0 Å². The van der Waals surface area contributed by atoms with E-state index in [1.807, 2.05) is 12.1 Å². The van der Waals surface area contributed by atoms with Gasteiger partial charge in [-0.25, -0.2) is 9.97 Å². The molecule has 0 aromatic carbocycles. The van der Waals surface area contributed by atoms with Crippen LogP contribution >= 0.6 is 0 Å². The predicted octanol–water partition coefficient (Wildman–Crippen LogP) is 1.17. The number of fused-ring (bicyclic) bond motifs is 1. The Kier molecular flexibility index (Phi) is 2.60. The van der Waals surface area contributed by atoms with Gasteiger partial charge in [0.25, 0.3) is 0 Å². The largest absolute Gasteiger partial charge is 0.370 e. The minimum Gasteiger partial charge on any atom is -0.370 e. The number of nitrogens with two attached hydrogens (primary N) is 1. The molecule has 3 N–H and O–H groups in total. The summed E-state index contributed by atoms with van der Waals surface area (Å²) in [5.74, 6) is 1.54. The molecule has 2 aromatic rings. The van der Waals surface area contributed by atoms with E-state index in [2.05, 4.69) is 20.3 Å². The Morgan fingerprint density at radius 3 is 2.88 bits per heavy atom.